The van der Waals surface area contributed by atoms with Crippen LogP contribution in [0.5, 0.6) is 0 Å². The fourth-order valence-electron chi connectivity index (χ4n) is 5.11. The number of fused-ring (bicyclic) bond motifs is 2. The van der Waals surface area contributed by atoms with Crippen molar-refractivity contribution in [3.05, 3.63) is 69.9 Å². The summed E-state index contributed by atoms with van der Waals surface area (Å²) in [6.45, 7) is 3.93. The lowest BCUT2D eigenvalue weighted by Crippen LogP contribution is -2.49. The van der Waals surface area contributed by atoms with Crippen molar-refractivity contribution in [2.24, 2.45) is 0 Å². The van der Waals surface area contributed by atoms with Crippen molar-refractivity contribution in [1.82, 2.24) is 29.6 Å². The van der Waals surface area contributed by atoms with Gasteiger partial charge in [-0.15, -0.1) is 0 Å². The Morgan fingerprint density at radius 1 is 1.17 bits per heavy atom. The van der Waals surface area contributed by atoms with Crippen LogP contribution in [0.4, 0.5) is 20.4 Å². The summed E-state index contributed by atoms with van der Waals surface area (Å²) in [5.41, 5.74) is 2.37. The van der Waals surface area contributed by atoms with Gasteiger partial charge in [0.05, 0.1) is 11.4 Å². The standard InChI is InChI=1S/C25H25F2N7O2/c1-2-33-22(35)19-12-30-23(31-17-4-3-15-5-7-28-11-16(15)9-17)32-21(19)34(33)18-6-8-29-20(10-18)24(36)13-25(26,27)14-24/h3-4,6,8-10,12,28,36H,2,5,7,11,13-14H2,1H3,(H,30,31,32). The highest BCUT2D eigenvalue weighted by molar-refractivity contribution is 5.77. The predicted molar refractivity (Wildman–Crippen MR) is 130 cm³/mol. The SMILES string of the molecule is CCn1c(=O)c2cnc(Nc3ccc4c(c3)CNCC4)nc2n1-c1ccnc(C2(O)CC(F)(F)C2)c1. The fraction of sp³-hybridized carbons (Fsp3) is 0.360. The number of nitrogens with zero attached hydrogens (tertiary/aromatic N) is 5. The van der Waals surface area contributed by atoms with E-state index in [1.165, 1.54) is 34.3 Å². The number of alkyl halides is 2. The zero-order valence-electron chi connectivity index (χ0n) is 19.6. The highest BCUT2D eigenvalue weighted by Crippen LogP contribution is 2.51. The molecule has 0 radical (unpaired) electrons. The first-order valence-electron chi connectivity index (χ1n) is 11.9. The van der Waals surface area contributed by atoms with E-state index in [1.807, 2.05) is 13.0 Å². The Morgan fingerprint density at radius 2 is 2.00 bits per heavy atom. The summed E-state index contributed by atoms with van der Waals surface area (Å²) in [5.74, 6) is -2.60. The van der Waals surface area contributed by atoms with Crippen molar-refractivity contribution < 1.29 is 13.9 Å². The molecule has 2 aliphatic rings. The highest BCUT2D eigenvalue weighted by Gasteiger charge is 2.57. The lowest BCUT2D eigenvalue weighted by molar-refractivity contribution is -0.212. The van der Waals surface area contributed by atoms with E-state index in [4.69, 9.17) is 0 Å². The van der Waals surface area contributed by atoms with Crippen LogP contribution in [0.25, 0.3) is 16.7 Å². The minimum atomic E-state index is -2.92. The lowest BCUT2D eigenvalue weighted by atomic mass is 9.74. The van der Waals surface area contributed by atoms with Gasteiger partial charge in [0, 0.05) is 44.0 Å². The van der Waals surface area contributed by atoms with Crippen molar-refractivity contribution in [2.45, 2.75) is 50.8 Å². The minimum absolute atomic E-state index is 0.137. The van der Waals surface area contributed by atoms with E-state index >= 15 is 0 Å². The molecule has 1 fully saturated rings. The summed E-state index contributed by atoms with van der Waals surface area (Å²) in [5, 5.41) is 17.6. The maximum absolute atomic E-state index is 13.5. The van der Waals surface area contributed by atoms with Crippen molar-refractivity contribution in [1.29, 1.82) is 0 Å². The molecule has 4 aromatic rings. The van der Waals surface area contributed by atoms with E-state index in [1.54, 1.807) is 10.7 Å². The molecule has 0 unspecified atom stereocenters. The first kappa shape index (κ1) is 22.7. The molecule has 1 aliphatic heterocycles. The maximum Gasteiger partial charge on any atom is 0.278 e. The second-order valence-corrected chi connectivity index (χ2v) is 9.44. The number of hydrogen-bond acceptors (Lipinski definition) is 7. The topological polar surface area (TPSA) is 110 Å². The molecule has 0 amide bonds. The summed E-state index contributed by atoms with van der Waals surface area (Å²) >= 11 is 0. The summed E-state index contributed by atoms with van der Waals surface area (Å²) in [7, 11) is 0. The predicted octanol–water partition coefficient (Wildman–Crippen LogP) is 3.00. The minimum Gasteiger partial charge on any atom is -0.383 e. The van der Waals surface area contributed by atoms with Crippen LogP contribution in [0.2, 0.25) is 0 Å². The Morgan fingerprint density at radius 3 is 2.78 bits per heavy atom. The number of aromatic nitrogens is 5. The molecule has 4 heterocycles. The number of nitrogens with one attached hydrogen (secondary N) is 2. The van der Waals surface area contributed by atoms with Gasteiger partial charge in [-0.2, -0.15) is 4.98 Å². The van der Waals surface area contributed by atoms with Crippen LogP contribution in [0.15, 0.2) is 47.5 Å². The Labute approximate surface area is 204 Å². The van der Waals surface area contributed by atoms with Crippen LogP contribution in [0.1, 0.15) is 36.6 Å². The Kier molecular flexibility index (Phi) is 5.16. The summed E-state index contributed by atoms with van der Waals surface area (Å²) in [6.07, 6.45) is 2.54. The summed E-state index contributed by atoms with van der Waals surface area (Å²) in [6, 6.07) is 9.32. The van der Waals surface area contributed by atoms with Gasteiger partial charge in [0.15, 0.2) is 5.65 Å². The molecule has 1 saturated carbocycles. The number of aliphatic hydroxyl groups is 1. The van der Waals surface area contributed by atoms with Crippen LogP contribution < -0.4 is 16.2 Å². The Hall–Kier alpha value is -3.70. The third-order valence-electron chi connectivity index (χ3n) is 6.89. The van der Waals surface area contributed by atoms with E-state index in [2.05, 4.69) is 37.7 Å². The van der Waals surface area contributed by atoms with Crippen LogP contribution in [0, 0.1) is 0 Å². The van der Waals surface area contributed by atoms with E-state index in [0.29, 0.717) is 29.2 Å². The van der Waals surface area contributed by atoms with Crippen molar-refractivity contribution in [2.75, 3.05) is 11.9 Å². The number of anilines is 2. The molecule has 9 nitrogen and oxygen atoms in total. The largest absolute Gasteiger partial charge is 0.383 e. The van der Waals surface area contributed by atoms with Crippen LogP contribution in [0.3, 0.4) is 0 Å². The van der Waals surface area contributed by atoms with Crippen LogP contribution in [-0.4, -0.2) is 41.9 Å². The van der Waals surface area contributed by atoms with Crippen molar-refractivity contribution in [3.63, 3.8) is 0 Å². The molecule has 1 aliphatic carbocycles. The highest BCUT2D eigenvalue weighted by atomic mass is 19.3. The molecule has 11 heteroatoms. The first-order valence-corrected chi connectivity index (χ1v) is 11.9. The van der Waals surface area contributed by atoms with Gasteiger partial charge in [0.1, 0.15) is 11.0 Å². The number of halogens is 2. The van der Waals surface area contributed by atoms with Gasteiger partial charge in [-0.05, 0) is 55.3 Å². The first-order chi connectivity index (χ1) is 17.3. The van der Waals surface area contributed by atoms with E-state index in [0.717, 1.165) is 25.2 Å². The Bertz CT molecular complexity index is 1540. The second kappa shape index (κ2) is 8.17. The lowest BCUT2D eigenvalue weighted by Gasteiger charge is -2.42. The molecule has 0 atom stereocenters. The molecule has 1 aromatic carbocycles. The number of rotatable bonds is 5. The third kappa shape index (κ3) is 3.75. The van der Waals surface area contributed by atoms with Gasteiger partial charge < -0.3 is 15.7 Å². The van der Waals surface area contributed by atoms with Crippen molar-refractivity contribution in [3.8, 4) is 5.69 Å². The molecule has 3 N–H and O–H groups in total. The van der Waals surface area contributed by atoms with Gasteiger partial charge in [-0.3, -0.25) is 9.78 Å². The number of pyridine rings is 1. The average molecular weight is 494 g/mol. The van der Waals surface area contributed by atoms with Gasteiger partial charge in [-0.1, -0.05) is 6.07 Å². The number of hydrogen-bond donors (Lipinski definition) is 3. The second-order valence-electron chi connectivity index (χ2n) is 9.44. The Balaban J connectivity index is 1.41. The quantitative estimate of drug-likeness (QED) is 0.392. The molecular formula is C25H25F2N7O2. The third-order valence-corrected chi connectivity index (χ3v) is 6.89. The normalized spacial score (nSPS) is 18.0. The fourth-order valence-corrected chi connectivity index (χ4v) is 5.11. The molecule has 6 rings (SSSR count). The molecule has 36 heavy (non-hydrogen) atoms. The molecule has 0 spiro atoms. The average Bonchev–Trinajstić information content (AvgIpc) is 3.13. The van der Waals surface area contributed by atoms with Crippen LogP contribution in [-0.2, 0) is 25.1 Å². The smallest absolute Gasteiger partial charge is 0.278 e. The van der Waals surface area contributed by atoms with Gasteiger partial charge >= 0.3 is 0 Å². The molecule has 186 valence electrons. The van der Waals surface area contributed by atoms with Gasteiger partial charge in [0.2, 0.25) is 5.95 Å². The van der Waals surface area contributed by atoms with E-state index in [-0.39, 0.29) is 11.3 Å². The molecule has 0 saturated heterocycles. The number of benzene rings is 1. The summed E-state index contributed by atoms with van der Waals surface area (Å²) in [4.78, 5) is 26.2. The van der Waals surface area contributed by atoms with E-state index < -0.39 is 24.4 Å². The maximum atomic E-state index is 13.5. The van der Waals surface area contributed by atoms with E-state index in [9.17, 15) is 18.7 Å². The zero-order chi connectivity index (χ0) is 25.1. The molecule has 0 bridgehead atoms. The van der Waals surface area contributed by atoms with Crippen molar-refractivity contribution >= 4 is 22.7 Å². The van der Waals surface area contributed by atoms with Gasteiger partial charge in [0.25, 0.3) is 11.5 Å². The summed E-state index contributed by atoms with van der Waals surface area (Å²) < 4.78 is 30.2. The monoisotopic (exact) mass is 493 g/mol. The molecule has 3 aromatic heterocycles. The van der Waals surface area contributed by atoms with Crippen LogP contribution >= 0.6 is 0 Å². The van der Waals surface area contributed by atoms with Gasteiger partial charge in [-0.25, -0.2) is 23.1 Å². The zero-order valence-corrected chi connectivity index (χ0v) is 19.6. The molecular weight excluding hydrogens is 468 g/mol.